The van der Waals surface area contributed by atoms with E-state index < -0.39 is 0 Å². The molecule has 3 fully saturated rings. The van der Waals surface area contributed by atoms with Gasteiger partial charge in [0.1, 0.15) is 5.75 Å². The van der Waals surface area contributed by atoms with Gasteiger partial charge in [-0.1, -0.05) is 102 Å². The van der Waals surface area contributed by atoms with Crippen LogP contribution < -0.4 is 0 Å². The summed E-state index contributed by atoms with van der Waals surface area (Å²) in [4.78, 5) is 0. The summed E-state index contributed by atoms with van der Waals surface area (Å²) in [6, 6.07) is 12.7. The van der Waals surface area contributed by atoms with Crippen molar-refractivity contribution in [1.29, 1.82) is 0 Å². The van der Waals surface area contributed by atoms with Gasteiger partial charge in [-0.25, -0.2) is 0 Å². The molecule has 0 aliphatic heterocycles. The number of phenols is 1. The highest BCUT2D eigenvalue weighted by atomic mass is 16.3. The van der Waals surface area contributed by atoms with Crippen LogP contribution in [0.25, 0.3) is 10.8 Å². The zero-order chi connectivity index (χ0) is 26.7. The molecule has 0 spiro atoms. The lowest BCUT2D eigenvalue weighted by Gasteiger charge is -2.58. The second-order valence-electron chi connectivity index (χ2n) is 15.0. The standard InChI is InChI=1S/C37H52O/c1-24(2)9-8-10-25(3)32-17-18-33-31-16-14-28-23-27(19-21-36(28,4)34(31)20-22-37(32,33)5)30-15-13-26-11-6-7-12-29(26)35(30)38/h6-7,11-15,24-25,27,31-34,38H,8-10,16-23H2,1-5H3/t25-,27+,31+,32-,33+,34+,36+,37-/m1/s1. The van der Waals surface area contributed by atoms with Crippen LogP contribution in [0.5, 0.6) is 5.75 Å². The Morgan fingerprint density at radius 2 is 1.71 bits per heavy atom. The van der Waals surface area contributed by atoms with E-state index >= 15 is 0 Å². The molecule has 38 heavy (non-hydrogen) atoms. The van der Waals surface area contributed by atoms with E-state index in [0.29, 0.717) is 22.5 Å². The minimum Gasteiger partial charge on any atom is -0.507 e. The molecule has 1 N–H and O–H groups in total. The van der Waals surface area contributed by atoms with Crippen LogP contribution in [0.3, 0.4) is 0 Å². The van der Waals surface area contributed by atoms with Crippen molar-refractivity contribution in [1.82, 2.24) is 0 Å². The molecule has 1 nitrogen and oxygen atoms in total. The van der Waals surface area contributed by atoms with Crippen molar-refractivity contribution >= 4 is 10.8 Å². The minimum absolute atomic E-state index is 0.369. The van der Waals surface area contributed by atoms with Gasteiger partial charge in [-0.15, -0.1) is 0 Å². The second kappa shape index (κ2) is 10.0. The van der Waals surface area contributed by atoms with E-state index in [2.05, 4.69) is 71.0 Å². The van der Waals surface area contributed by atoms with E-state index in [-0.39, 0.29) is 0 Å². The fourth-order valence-corrected chi connectivity index (χ4v) is 10.6. The molecule has 3 saturated carbocycles. The Morgan fingerprint density at radius 1 is 0.895 bits per heavy atom. The molecule has 0 unspecified atom stereocenters. The zero-order valence-corrected chi connectivity index (χ0v) is 24.8. The second-order valence-corrected chi connectivity index (χ2v) is 15.0. The van der Waals surface area contributed by atoms with E-state index in [0.717, 1.165) is 52.7 Å². The first-order valence-electron chi connectivity index (χ1n) is 16.1. The third-order valence-electron chi connectivity index (χ3n) is 12.7. The van der Waals surface area contributed by atoms with Crippen LogP contribution in [0.2, 0.25) is 0 Å². The molecule has 4 aliphatic rings. The monoisotopic (exact) mass is 512 g/mol. The Labute approximate surface area is 232 Å². The Kier molecular flexibility index (Phi) is 6.97. The van der Waals surface area contributed by atoms with Gasteiger partial charge in [0.25, 0.3) is 0 Å². The van der Waals surface area contributed by atoms with Gasteiger partial charge in [0, 0.05) is 5.39 Å². The third-order valence-corrected chi connectivity index (χ3v) is 12.7. The van der Waals surface area contributed by atoms with Crippen LogP contribution in [0.4, 0.5) is 0 Å². The van der Waals surface area contributed by atoms with E-state index in [1.807, 2.05) is 6.07 Å². The summed E-state index contributed by atoms with van der Waals surface area (Å²) in [6.07, 6.45) is 17.7. The highest BCUT2D eigenvalue weighted by Gasteiger charge is 2.59. The average molecular weight is 513 g/mol. The zero-order valence-electron chi connectivity index (χ0n) is 24.8. The molecule has 2 aromatic rings. The summed E-state index contributed by atoms with van der Waals surface area (Å²) < 4.78 is 0. The van der Waals surface area contributed by atoms with Gasteiger partial charge in [0.05, 0.1) is 0 Å². The normalized spacial score (nSPS) is 37.4. The predicted octanol–water partition coefficient (Wildman–Crippen LogP) is 10.7. The van der Waals surface area contributed by atoms with Gasteiger partial charge >= 0.3 is 0 Å². The lowest BCUT2D eigenvalue weighted by Crippen LogP contribution is -2.50. The van der Waals surface area contributed by atoms with Crippen molar-refractivity contribution in [2.75, 3.05) is 0 Å². The molecular formula is C37H52O. The van der Waals surface area contributed by atoms with E-state index in [9.17, 15) is 5.11 Å². The van der Waals surface area contributed by atoms with Crippen LogP contribution in [0.15, 0.2) is 48.0 Å². The molecular weight excluding hydrogens is 460 g/mol. The summed E-state index contributed by atoms with van der Waals surface area (Å²) in [7, 11) is 0. The molecule has 0 bridgehead atoms. The first-order valence-corrected chi connectivity index (χ1v) is 16.1. The fourth-order valence-electron chi connectivity index (χ4n) is 10.6. The molecule has 0 radical (unpaired) electrons. The number of benzene rings is 2. The Bertz CT molecular complexity index is 1190. The van der Waals surface area contributed by atoms with E-state index in [1.54, 1.807) is 5.57 Å². The molecule has 206 valence electrons. The lowest BCUT2D eigenvalue weighted by molar-refractivity contribution is -0.0510. The number of phenolic OH excluding ortho intramolecular Hbond substituents is 1. The molecule has 1 heteroatoms. The summed E-state index contributed by atoms with van der Waals surface area (Å²) >= 11 is 0. The molecule has 8 atom stereocenters. The van der Waals surface area contributed by atoms with Gasteiger partial charge in [-0.3, -0.25) is 0 Å². The van der Waals surface area contributed by atoms with Crippen molar-refractivity contribution < 1.29 is 5.11 Å². The molecule has 0 saturated heterocycles. The number of allylic oxidation sites excluding steroid dienone is 2. The first-order chi connectivity index (χ1) is 18.2. The Hall–Kier alpha value is -1.76. The average Bonchev–Trinajstić information content (AvgIpc) is 3.26. The topological polar surface area (TPSA) is 20.2 Å². The van der Waals surface area contributed by atoms with Gasteiger partial charge in [0.15, 0.2) is 0 Å². The van der Waals surface area contributed by atoms with Crippen molar-refractivity contribution in [3.8, 4) is 5.75 Å². The fraction of sp³-hybridized carbons (Fsp3) is 0.676. The minimum atomic E-state index is 0.369. The summed E-state index contributed by atoms with van der Waals surface area (Å²) in [5, 5.41) is 13.4. The van der Waals surface area contributed by atoms with Crippen LogP contribution in [0, 0.1) is 46.3 Å². The quantitative estimate of drug-likeness (QED) is 0.382. The number of hydrogen-bond acceptors (Lipinski definition) is 1. The van der Waals surface area contributed by atoms with Gasteiger partial charge < -0.3 is 5.11 Å². The molecule has 2 aromatic carbocycles. The molecule has 4 aliphatic carbocycles. The van der Waals surface area contributed by atoms with E-state index in [1.165, 1.54) is 69.8 Å². The molecule has 0 aromatic heterocycles. The Balaban J connectivity index is 1.20. The predicted molar refractivity (Wildman–Crippen MR) is 161 cm³/mol. The van der Waals surface area contributed by atoms with Crippen LogP contribution in [-0.2, 0) is 0 Å². The number of aromatic hydroxyl groups is 1. The lowest BCUT2D eigenvalue weighted by atomic mass is 9.46. The van der Waals surface area contributed by atoms with Crippen molar-refractivity contribution in [3.63, 3.8) is 0 Å². The summed E-state index contributed by atoms with van der Waals surface area (Å²) in [5.41, 5.74) is 3.83. The maximum absolute atomic E-state index is 11.2. The van der Waals surface area contributed by atoms with Gasteiger partial charge in [-0.05, 0) is 115 Å². The molecule has 0 amide bonds. The number of rotatable bonds is 6. The van der Waals surface area contributed by atoms with E-state index in [4.69, 9.17) is 0 Å². The third kappa shape index (κ3) is 4.26. The summed E-state index contributed by atoms with van der Waals surface area (Å²) in [6.45, 7) is 12.7. The van der Waals surface area contributed by atoms with Gasteiger partial charge in [-0.2, -0.15) is 0 Å². The van der Waals surface area contributed by atoms with Crippen LogP contribution in [0.1, 0.15) is 117 Å². The van der Waals surface area contributed by atoms with Crippen LogP contribution in [-0.4, -0.2) is 5.11 Å². The number of hydrogen-bond donors (Lipinski definition) is 1. The van der Waals surface area contributed by atoms with Crippen molar-refractivity contribution in [3.05, 3.63) is 53.6 Å². The smallest absolute Gasteiger partial charge is 0.126 e. The maximum atomic E-state index is 11.2. The highest BCUT2D eigenvalue weighted by molar-refractivity contribution is 5.89. The SMILES string of the molecule is CC(C)CCC[C@@H](C)[C@H]1CC[C@H]2[C@@H]3CC=C4C[C@@H](c5ccc6ccccc6c5O)CC[C@]4(C)[C@H]3CC[C@]12C. The largest absolute Gasteiger partial charge is 0.507 e. The highest BCUT2D eigenvalue weighted by Crippen LogP contribution is 2.68. The summed E-state index contributed by atoms with van der Waals surface area (Å²) in [5.74, 6) is 6.32. The Morgan fingerprint density at radius 3 is 2.53 bits per heavy atom. The van der Waals surface area contributed by atoms with Crippen molar-refractivity contribution in [2.45, 2.75) is 111 Å². The molecule has 0 heterocycles. The first kappa shape index (κ1) is 26.5. The van der Waals surface area contributed by atoms with Crippen LogP contribution >= 0.6 is 0 Å². The number of fused-ring (bicyclic) bond motifs is 6. The maximum Gasteiger partial charge on any atom is 0.126 e. The van der Waals surface area contributed by atoms with Crippen molar-refractivity contribution in [2.24, 2.45) is 46.3 Å². The molecule has 6 rings (SSSR count). The van der Waals surface area contributed by atoms with Gasteiger partial charge in [0.2, 0.25) is 0 Å².